The van der Waals surface area contributed by atoms with Crippen LogP contribution in [0.25, 0.3) is 0 Å². The Morgan fingerprint density at radius 2 is 1.50 bits per heavy atom. The molecule has 0 unspecified atom stereocenters. The molecule has 0 atom stereocenters. The van der Waals surface area contributed by atoms with E-state index in [1.807, 2.05) is 24.6 Å². The first kappa shape index (κ1) is 11.8. The highest BCUT2D eigenvalue weighted by atomic mass is 32.2. The van der Waals surface area contributed by atoms with Gasteiger partial charge in [-0.25, -0.2) is 0 Å². The van der Waals surface area contributed by atoms with E-state index < -0.39 is 0 Å². The summed E-state index contributed by atoms with van der Waals surface area (Å²) in [4.78, 5) is 3.67. The fourth-order valence-corrected chi connectivity index (χ4v) is 3.81. The molecule has 74 valence electrons. The molecule has 0 bridgehead atoms. The highest BCUT2D eigenvalue weighted by Crippen LogP contribution is 2.36. The van der Waals surface area contributed by atoms with Gasteiger partial charge < -0.3 is 0 Å². The minimum absolute atomic E-state index is 0.747. The highest BCUT2D eigenvalue weighted by Gasteiger charge is 2.08. The summed E-state index contributed by atoms with van der Waals surface area (Å²) in [5, 5.41) is 8.87. The van der Waals surface area contributed by atoms with Crippen LogP contribution in [-0.4, -0.2) is 18.8 Å². The molecule has 1 rings (SSSR count). The van der Waals surface area contributed by atoms with Crippen LogP contribution in [0, 0.1) is 11.3 Å². The van der Waals surface area contributed by atoms with E-state index in [9.17, 15) is 0 Å². The third-order valence-electron chi connectivity index (χ3n) is 1.79. The molecule has 0 saturated heterocycles. The Labute approximate surface area is 97.7 Å². The smallest absolute Gasteiger partial charge is 0.0992 e. The van der Waals surface area contributed by atoms with Crippen LogP contribution < -0.4 is 0 Å². The lowest BCUT2D eigenvalue weighted by Crippen LogP contribution is -1.85. The molecule has 1 aromatic carbocycles. The van der Waals surface area contributed by atoms with Gasteiger partial charge in [0.25, 0.3) is 0 Å². The van der Waals surface area contributed by atoms with Crippen molar-refractivity contribution in [3.63, 3.8) is 0 Å². The molecule has 0 heterocycles. The van der Waals surface area contributed by atoms with E-state index in [1.54, 1.807) is 35.3 Å². The van der Waals surface area contributed by atoms with Gasteiger partial charge in [-0.15, -0.1) is 35.3 Å². The number of nitrogens with zero attached hydrogens (tertiary/aromatic N) is 1. The summed E-state index contributed by atoms with van der Waals surface area (Å²) >= 11 is 5.13. The molecule has 0 amide bonds. The summed E-state index contributed by atoms with van der Waals surface area (Å²) in [6.45, 7) is 0. The Bertz CT molecular complexity index is 343. The van der Waals surface area contributed by atoms with Gasteiger partial charge in [-0.05, 0) is 30.9 Å². The zero-order valence-corrected chi connectivity index (χ0v) is 10.8. The number of hydrogen-bond donors (Lipinski definition) is 0. The maximum atomic E-state index is 8.87. The second-order valence-electron chi connectivity index (χ2n) is 2.53. The minimum atomic E-state index is 0.747. The highest BCUT2D eigenvalue weighted by molar-refractivity contribution is 8.03. The fraction of sp³-hybridized carbons (Fsp3) is 0.300. The van der Waals surface area contributed by atoms with Crippen LogP contribution in [-0.2, 0) is 0 Å². The number of benzene rings is 1. The number of thioether (sulfide) groups is 3. The summed E-state index contributed by atoms with van der Waals surface area (Å²) in [7, 11) is 0. The quantitative estimate of drug-likeness (QED) is 0.753. The number of hydrogen-bond acceptors (Lipinski definition) is 4. The molecule has 4 heteroatoms. The normalized spacial score (nSPS) is 9.86. The third-order valence-corrected chi connectivity index (χ3v) is 4.42. The van der Waals surface area contributed by atoms with Crippen LogP contribution in [0.15, 0.2) is 26.8 Å². The van der Waals surface area contributed by atoms with Crippen LogP contribution in [0.5, 0.6) is 0 Å². The summed E-state index contributed by atoms with van der Waals surface area (Å²) in [5.41, 5.74) is 0.747. The van der Waals surface area contributed by atoms with Crippen molar-refractivity contribution in [2.24, 2.45) is 0 Å². The van der Waals surface area contributed by atoms with Crippen molar-refractivity contribution < 1.29 is 0 Å². The first-order valence-electron chi connectivity index (χ1n) is 3.97. The van der Waals surface area contributed by atoms with Crippen LogP contribution in [0.4, 0.5) is 0 Å². The van der Waals surface area contributed by atoms with E-state index in [0.717, 1.165) is 5.56 Å². The maximum absolute atomic E-state index is 8.87. The lowest BCUT2D eigenvalue weighted by Gasteiger charge is -2.09. The van der Waals surface area contributed by atoms with Gasteiger partial charge in [-0.3, -0.25) is 0 Å². The van der Waals surface area contributed by atoms with Gasteiger partial charge >= 0.3 is 0 Å². The molecule has 0 radical (unpaired) electrons. The zero-order chi connectivity index (χ0) is 10.6. The van der Waals surface area contributed by atoms with Gasteiger partial charge in [0, 0.05) is 14.7 Å². The van der Waals surface area contributed by atoms with E-state index in [4.69, 9.17) is 5.26 Å². The summed E-state index contributed by atoms with van der Waals surface area (Å²) in [5.74, 6) is 0. The van der Waals surface area contributed by atoms with Crippen LogP contribution in [0.2, 0.25) is 0 Å². The van der Waals surface area contributed by atoms with E-state index in [2.05, 4.69) is 12.3 Å². The average molecular weight is 241 g/mol. The molecule has 1 nitrogen and oxygen atoms in total. The Hall–Kier alpha value is -0.240. The van der Waals surface area contributed by atoms with Crippen molar-refractivity contribution in [1.82, 2.24) is 0 Å². The second kappa shape index (κ2) is 5.59. The van der Waals surface area contributed by atoms with Crippen molar-refractivity contribution in [2.75, 3.05) is 18.8 Å². The Kier molecular flexibility index (Phi) is 4.73. The van der Waals surface area contributed by atoms with E-state index in [-0.39, 0.29) is 0 Å². The molecule has 14 heavy (non-hydrogen) atoms. The van der Waals surface area contributed by atoms with Gasteiger partial charge in [-0.2, -0.15) is 5.26 Å². The van der Waals surface area contributed by atoms with Gasteiger partial charge in [0.2, 0.25) is 0 Å². The zero-order valence-electron chi connectivity index (χ0n) is 8.33. The molecule has 0 saturated carbocycles. The Balaban J connectivity index is 3.33. The summed E-state index contributed by atoms with van der Waals surface area (Å²) < 4.78 is 0. The number of nitriles is 1. The SMILES string of the molecule is CSc1cc(C#N)cc(SC)c1SC. The van der Waals surface area contributed by atoms with Crippen LogP contribution in [0.1, 0.15) is 5.56 Å². The predicted molar refractivity (Wildman–Crippen MR) is 66.5 cm³/mol. The third kappa shape index (κ3) is 2.41. The molecular formula is C10H11NS3. The standard InChI is InChI=1S/C10H11NS3/c1-12-8-4-7(6-11)5-9(13-2)10(8)14-3/h4-5H,1-3H3. The average Bonchev–Trinajstić information content (AvgIpc) is 2.26. The molecule has 0 aliphatic carbocycles. The van der Waals surface area contributed by atoms with Gasteiger partial charge in [0.1, 0.15) is 0 Å². The molecule has 0 spiro atoms. The lowest BCUT2D eigenvalue weighted by atomic mass is 10.2. The van der Waals surface area contributed by atoms with Gasteiger partial charge in [0.15, 0.2) is 0 Å². The monoisotopic (exact) mass is 241 g/mol. The van der Waals surface area contributed by atoms with Crippen LogP contribution >= 0.6 is 35.3 Å². The first-order valence-corrected chi connectivity index (χ1v) is 7.64. The fourth-order valence-electron chi connectivity index (χ4n) is 1.15. The molecule has 0 aliphatic rings. The maximum Gasteiger partial charge on any atom is 0.0992 e. The molecule has 0 aliphatic heterocycles. The van der Waals surface area contributed by atoms with Gasteiger partial charge in [-0.1, -0.05) is 0 Å². The van der Waals surface area contributed by atoms with Crippen molar-refractivity contribution >= 4 is 35.3 Å². The van der Waals surface area contributed by atoms with Crippen molar-refractivity contribution in [1.29, 1.82) is 5.26 Å². The van der Waals surface area contributed by atoms with Gasteiger partial charge in [0.05, 0.1) is 11.6 Å². The largest absolute Gasteiger partial charge is 0.192 e. The Morgan fingerprint density at radius 3 is 1.79 bits per heavy atom. The minimum Gasteiger partial charge on any atom is -0.192 e. The molecule has 0 aromatic heterocycles. The predicted octanol–water partition coefficient (Wildman–Crippen LogP) is 3.72. The Morgan fingerprint density at radius 1 is 1.00 bits per heavy atom. The van der Waals surface area contributed by atoms with Crippen molar-refractivity contribution in [2.45, 2.75) is 14.7 Å². The van der Waals surface area contributed by atoms with Crippen molar-refractivity contribution in [3.05, 3.63) is 17.7 Å². The van der Waals surface area contributed by atoms with Crippen molar-refractivity contribution in [3.8, 4) is 6.07 Å². The first-order chi connectivity index (χ1) is 6.76. The number of rotatable bonds is 3. The molecular weight excluding hydrogens is 230 g/mol. The molecule has 0 N–H and O–H groups in total. The second-order valence-corrected chi connectivity index (χ2v) is 5.04. The molecule has 1 aromatic rings. The topological polar surface area (TPSA) is 23.8 Å². The summed E-state index contributed by atoms with van der Waals surface area (Å²) in [6, 6.07) is 6.10. The van der Waals surface area contributed by atoms with E-state index >= 15 is 0 Å². The summed E-state index contributed by atoms with van der Waals surface area (Å²) in [6.07, 6.45) is 6.15. The van der Waals surface area contributed by atoms with E-state index in [1.165, 1.54) is 14.7 Å². The lowest BCUT2D eigenvalue weighted by molar-refractivity contribution is 1.11. The van der Waals surface area contributed by atoms with E-state index in [0.29, 0.717) is 0 Å². The van der Waals surface area contributed by atoms with Crippen LogP contribution in [0.3, 0.4) is 0 Å². The molecule has 0 fully saturated rings.